The average molecular weight is 425 g/mol. The first-order valence-electron chi connectivity index (χ1n) is 9.68. The van der Waals surface area contributed by atoms with E-state index < -0.39 is 0 Å². The molecule has 0 bridgehead atoms. The van der Waals surface area contributed by atoms with E-state index in [2.05, 4.69) is 15.1 Å². The van der Waals surface area contributed by atoms with Gasteiger partial charge in [0.05, 0.1) is 24.1 Å². The molecule has 0 atom stereocenters. The molecule has 0 amide bonds. The molecule has 0 saturated carbocycles. The summed E-state index contributed by atoms with van der Waals surface area (Å²) in [4.78, 5) is 22.1. The second-order valence-electron chi connectivity index (χ2n) is 7.10. The van der Waals surface area contributed by atoms with Crippen LogP contribution in [0.4, 0.5) is 0 Å². The van der Waals surface area contributed by atoms with Gasteiger partial charge in [-0.15, -0.1) is 11.3 Å². The third-order valence-corrected chi connectivity index (χ3v) is 5.98. The van der Waals surface area contributed by atoms with Gasteiger partial charge in [-0.1, -0.05) is 36.4 Å². The highest BCUT2D eigenvalue weighted by atomic mass is 32.1. The van der Waals surface area contributed by atoms with E-state index in [1.54, 1.807) is 21.8 Å². The Kier molecular flexibility index (Phi) is 4.03. The summed E-state index contributed by atoms with van der Waals surface area (Å²) < 4.78 is 9.12. The van der Waals surface area contributed by atoms with E-state index in [-0.39, 0.29) is 5.56 Å². The van der Waals surface area contributed by atoms with Crippen molar-refractivity contribution >= 4 is 33.3 Å². The van der Waals surface area contributed by atoms with Crippen LogP contribution < -0.4 is 5.56 Å². The van der Waals surface area contributed by atoms with Crippen molar-refractivity contribution in [1.29, 1.82) is 0 Å². The number of nitrogens with zero attached hydrogens (tertiary/aromatic N) is 5. The van der Waals surface area contributed by atoms with Crippen LogP contribution in [-0.2, 0) is 6.54 Å². The van der Waals surface area contributed by atoms with E-state index in [0.717, 1.165) is 33.1 Å². The molecule has 4 aromatic heterocycles. The van der Waals surface area contributed by atoms with E-state index in [9.17, 15) is 4.79 Å². The van der Waals surface area contributed by atoms with Crippen molar-refractivity contribution in [2.75, 3.05) is 0 Å². The standard InChI is InChI=1S/C23H15N5O2S/c29-23-18-11-25-28(17-7-2-1-3-8-17)21(18)24-14-27(23)12-16-13-31-22(26-16)20-10-15-6-4-5-9-19(15)30-20/h1-11,13-14H,12H2. The quantitative estimate of drug-likeness (QED) is 0.416. The van der Waals surface area contributed by atoms with Gasteiger partial charge in [-0.3, -0.25) is 9.36 Å². The molecule has 0 aliphatic rings. The van der Waals surface area contributed by atoms with E-state index in [1.165, 1.54) is 11.3 Å². The van der Waals surface area contributed by atoms with Crippen LogP contribution in [0.3, 0.4) is 0 Å². The molecule has 2 aromatic carbocycles. The topological polar surface area (TPSA) is 78.7 Å². The number of para-hydroxylation sites is 2. The van der Waals surface area contributed by atoms with Crippen LogP contribution in [0.5, 0.6) is 0 Å². The fourth-order valence-corrected chi connectivity index (χ4v) is 4.34. The monoisotopic (exact) mass is 425 g/mol. The van der Waals surface area contributed by atoms with Crippen molar-refractivity contribution in [2.45, 2.75) is 6.54 Å². The molecule has 0 fully saturated rings. The Bertz CT molecular complexity index is 1560. The van der Waals surface area contributed by atoms with Gasteiger partial charge in [0.15, 0.2) is 16.4 Å². The van der Waals surface area contributed by atoms with Crippen LogP contribution in [0.2, 0.25) is 0 Å². The van der Waals surface area contributed by atoms with Gasteiger partial charge in [0.25, 0.3) is 5.56 Å². The molecule has 0 aliphatic heterocycles. The van der Waals surface area contributed by atoms with Crippen molar-refractivity contribution in [3.8, 4) is 16.5 Å². The summed E-state index contributed by atoms with van der Waals surface area (Å²) in [5.41, 5.74) is 2.85. The lowest BCUT2D eigenvalue weighted by molar-refractivity contribution is 0.630. The number of hydrogen-bond donors (Lipinski definition) is 0. The summed E-state index contributed by atoms with van der Waals surface area (Å²) >= 11 is 1.49. The van der Waals surface area contributed by atoms with Crippen molar-refractivity contribution < 1.29 is 4.42 Å². The van der Waals surface area contributed by atoms with Crippen molar-refractivity contribution in [2.24, 2.45) is 0 Å². The predicted molar refractivity (Wildman–Crippen MR) is 120 cm³/mol. The number of fused-ring (bicyclic) bond motifs is 2. The Labute approximate surface area is 179 Å². The summed E-state index contributed by atoms with van der Waals surface area (Å²) in [5, 5.41) is 8.58. The highest BCUT2D eigenvalue weighted by Gasteiger charge is 2.14. The lowest BCUT2D eigenvalue weighted by Gasteiger charge is -2.05. The zero-order valence-corrected chi connectivity index (χ0v) is 17.0. The van der Waals surface area contributed by atoms with E-state index in [1.807, 2.05) is 66.0 Å². The van der Waals surface area contributed by atoms with E-state index >= 15 is 0 Å². The van der Waals surface area contributed by atoms with Crippen LogP contribution >= 0.6 is 11.3 Å². The fraction of sp³-hybridized carbons (Fsp3) is 0.0435. The lowest BCUT2D eigenvalue weighted by atomic mass is 10.2. The summed E-state index contributed by atoms with van der Waals surface area (Å²) in [6, 6.07) is 19.5. The Hall–Kier alpha value is -4.04. The lowest BCUT2D eigenvalue weighted by Crippen LogP contribution is -2.21. The molecule has 6 aromatic rings. The van der Waals surface area contributed by atoms with Gasteiger partial charge in [0.2, 0.25) is 0 Å². The number of furan rings is 1. The normalized spacial score (nSPS) is 11.5. The van der Waals surface area contributed by atoms with Gasteiger partial charge in [-0.2, -0.15) is 5.10 Å². The Morgan fingerprint density at radius 3 is 2.74 bits per heavy atom. The molecule has 150 valence electrons. The van der Waals surface area contributed by atoms with Gasteiger partial charge in [0, 0.05) is 10.8 Å². The molecule has 7 nitrogen and oxygen atoms in total. The maximum atomic E-state index is 13.0. The molecule has 8 heteroatoms. The SMILES string of the molecule is O=c1c2cnn(-c3ccccc3)c2ncn1Cc1csc(-c2cc3ccccc3o2)n1. The molecule has 0 N–H and O–H groups in total. The van der Waals surface area contributed by atoms with Crippen molar-refractivity contribution in [1.82, 2.24) is 24.3 Å². The van der Waals surface area contributed by atoms with Gasteiger partial charge < -0.3 is 4.42 Å². The second-order valence-corrected chi connectivity index (χ2v) is 7.96. The number of aromatic nitrogens is 5. The Balaban J connectivity index is 1.33. The summed E-state index contributed by atoms with van der Waals surface area (Å²) in [5.74, 6) is 0.725. The molecule has 31 heavy (non-hydrogen) atoms. The third kappa shape index (κ3) is 3.04. The molecular formula is C23H15N5O2S. The molecule has 4 heterocycles. The first-order chi connectivity index (χ1) is 15.3. The molecule has 0 saturated heterocycles. The maximum absolute atomic E-state index is 13.0. The Morgan fingerprint density at radius 1 is 1.03 bits per heavy atom. The van der Waals surface area contributed by atoms with Gasteiger partial charge >= 0.3 is 0 Å². The van der Waals surface area contributed by atoms with Crippen LogP contribution in [-0.4, -0.2) is 24.3 Å². The largest absolute Gasteiger partial charge is 0.454 e. The third-order valence-electron chi connectivity index (χ3n) is 5.08. The van der Waals surface area contributed by atoms with Crippen LogP contribution in [0.1, 0.15) is 5.69 Å². The molecule has 0 aliphatic carbocycles. The van der Waals surface area contributed by atoms with Gasteiger partial charge in [0.1, 0.15) is 17.3 Å². The number of hydrogen-bond acceptors (Lipinski definition) is 6. The van der Waals surface area contributed by atoms with Crippen LogP contribution in [0.25, 0.3) is 38.5 Å². The van der Waals surface area contributed by atoms with Gasteiger partial charge in [-0.25, -0.2) is 14.6 Å². The molecule has 0 radical (unpaired) electrons. The highest BCUT2D eigenvalue weighted by molar-refractivity contribution is 7.13. The minimum Gasteiger partial charge on any atom is -0.454 e. The van der Waals surface area contributed by atoms with Crippen molar-refractivity contribution in [3.05, 3.63) is 94.6 Å². The second kappa shape index (κ2) is 7.03. The first-order valence-corrected chi connectivity index (χ1v) is 10.6. The fourth-order valence-electron chi connectivity index (χ4n) is 3.57. The Morgan fingerprint density at radius 2 is 1.87 bits per heavy atom. The molecule has 6 rings (SSSR count). The number of thiazole rings is 1. The summed E-state index contributed by atoms with van der Waals surface area (Å²) in [6.45, 7) is 0.328. The van der Waals surface area contributed by atoms with E-state index in [0.29, 0.717) is 17.6 Å². The smallest absolute Gasteiger partial charge is 0.264 e. The summed E-state index contributed by atoms with van der Waals surface area (Å²) in [6.07, 6.45) is 3.11. The zero-order chi connectivity index (χ0) is 20.8. The van der Waals surface area contributed by atoms with Crippen LogP contribution in [0.15, 0.2) is 87.8 Å². The molecular weight excluding hydrogens is 410 g/mol. The van der Waals surface area contributed by atoms with E-state index in [4.69, 9.17) is 4.42 Å². The van der Waals surface area contributed by atoms with Crippen LogP contribution in [0, 0.1) is 0 Å². The van der Waals surface area contributed by atoms with Gasteiger partial charge in [-0.05, 0) is 24.3 Å². The molecule has 0 unspecified atom stereocenters. The average Bonchev–Trinajstić information content (AvgIpc) is 3.54. The predicted octanol–water partition coefficient (Wildman–Crippen LogP) is 4.50. The molecule has 0 spiro atoms. The minimum atomic E-state index is -0.148. The number of rotatable bonds is 4. The highest BCUT2D eigenvalue weighted by Crippen LogP contribution is 2.30. The number of benzene rings is 2. The first kappa shape index (κ1) is 17.8. The summed E-state index contributed by atoms with van der Waals surface area (Å²) in [7, 11) is 0. The maximum Gasteiger partial charge on any atom is 0.264 e. The zero-order valence-electron chi connectivity index (χ0n) is 16.2. The van der Waals surface area contributed by atoms with Crippen molar-refractivity contribution in [3.63, 3.8) is 0 Å². The minimum absolute atomic E-state index is 0.148.